The van der Waals surface area contributed by atoms with Gasteiger partial charge in [-0.3, -0.25) is 0 Å². The van der Waals surface area contributed by atoms with Crippen molar-refractivity contribution in [2.75, 3.05) is 11.3 Å². The van der Waals surface area contributed by atoms with Gasteiger partial charge < -0.3 is 9.47 Å². The fourth-order valence-electron chi connectivity index (χ4n) is 4.35. The number of ether oxygens (including phenoxy) is 2. The Balaban J connectivity index is 1.56. The summed E-state index contributed by atoms with van der Waals surface area (Å²) in [5.41, 5.74) is 4.68. The van der Waals surface area contributed by atoms with Gasteiger partial charge in [-0.25, -0.2) is 18.1 Å². The van der Waals surface area contributed by atoms with Crippen molar-refractivity contribution in [3.05, 3.63) is 95.6 Å². The van der Waals surface area contributed by atoms with Crippen LogP contribution in [-0.4, -0.2) is 31.1 Å². The first-order valence-corrected chi connectivity index (χ1v) is 13.3. The van der Waals surface area contributed by atoms with Crippen LogP contribution in [0.1, 0.15) is 23.1 Å². The predicted octanol–water partition coefficient (Wildman–Crippen LogP) is 5.33. The highest BCUT2D eigenvalue weighted by Gasteiger charge is 2.21. The van der Waals surface area contributed by atoms with Crippen LogP contribution in [-0.2, 0) is 16.4 Å². The molecule has 0 aliphatic carbocycles. The lowest BCUT2D eigenvalue weighted by molar-refractivity contribution is 0.159. The number of aryl methyl sites for hydroxylation is 2. The third kappa shape index (κ3) is 5.33. The summed E-state index contributed by atoms with van der Waals surface area (Å²) in [6.45, 7) is 4.33. The molecule has 3 aromatic carbocycles. The number of fused-ring (bicyclic) bond motifs is 4. The molecule has 0 saturated heterocycles. The van der Waals surface area contributed by atoms with Gasteiger partial charge in [0, 0.05) is 30.5 Å². The summed E-state index contributed by atoms with van der Waals surface area (Å²) >= 11 is 0. The minimum atomic E-state index is -3.96. The van der Waals surface area contributed by atoms with Gasteiger partial charge in [0.2, 0.25) is 11.8 Å². The van der Waals surface area contributed by atoms with Gasteiger partial charge in [-0.2, -0.15) is 4.98 Å². The van der Waals surface area contributed by atoms with Crippen molar-refractivity contribution in [3.63, 3.8) is 0 Å². The smallest absolute Gasteiger partial charge is 0.264 e. The predicted molar refractivity (Wildman–Crippen MR) is 139 cm³/mol. The average Bonchev–Trinajstić information content (AvgIpc) is 2.84. The molecule has 2 heterocycles. The van der Waals surface area contributed by atoms with Gasteiger partial charge in [-0.1, -0.05) is 54.6 Å². The zero-order valence-electron chi connectivity index (χ0n) is 20.1. The van der Waals surface area contributed by atoms with Crippen LogP contribution in [0.2, 0.25) is 0 Å². The van der Waals surface area contributed by atoms with E-state index < -0.39 is 10.0 Å². The fourth-order valence-corrected chi connectivity index (χ4v) is 5.33. The van der Waals surface area contributed by atoms with E-state index in [1.54, 1.807) is 18.2 Å². The maximum atomic E-state index is 13.2. The lowest BCUT2D eigenvalue weighted by Crippen LogP contribution is -2.22. The van der Waals surface area contributed by atoms with Gasteiger partial charge in [0.25, 0.3) is 10.0 Å². The molecule has 0 amide bonds. The van der Waals surface area contributed by atoms with E-state index >= 15 is 0 Å². The number of hydrogen-bond donors (Lipinski definition) is 1. The standard InChI is InChI=1S/C28H27N3O4S/c1-19-8-6-9-20(2)27(19)25-18-26-30-28(29-25)31-36(32,33)24-13-7-12-22(17-24)35-23(14-15-34-26)16-21-10-4-3-5-11-21/h3-13,17-18,23H,14-16H2,1-2H3,(H,29,30,31). The van der Waals surface area contributed by atoms with Crippen molar-refractivity contribution in [1.29, 1.82) is 0 Å². The second-order valence-electron chi connectivity index (χ2n) is 8.83. The Kier molecular flexibility index (Phi) is 6.61. The molecular weight excluding hydrogens is 474 g/mol. The number of anilines is 1. The van der Waals surface area contributed by atoms with Gasteiger partial charge in [0.15, 0.2) is 0 Å². The molecule has 36 heavy (non-hydrogen) atoms. The van der Waals surface area contributed by atoms with Gasteiger partial charge in [0.1, 0.15) is 11.9 Å². The minimum absolute atomic E-state index is 0.0449. The van der Waals surface area contributed by atoms with Crippen LogP contribution in [0, 0.1) is 13.8 Å². The zero-order valence-corrected chi connectivity index (χ0v) is 21.0. The second-order valence-corrected chi connectivity index (χ2v) is 10.5. The third-order valence-corrected chi connectivity index (χ3v) is 7.41. The summed E-state index contributed by atoms with van der Waals surface area (Å²) in [6.07, 6.45) is 1.01. The Morgan fingerprint density at radius 2 is 1.67 bits per heavy atom. The molecule has 0 spiro atoms. The maximum absolute atomic E-state index is 13.2. The molecule has 1 unspecified atom stereocenters. The van der Waals surface area contributed by atoms with Crippen molar-refractivity contribution in [1.82, 2.24) is 9.97 Å². The highest BCUT2D eigenvalue weighted by atomic mass is 32.2. The van der Waals surface area contributed by atoms with Gasteiger partial charge in [-0.05, 0) is 42.7 Å². The molecule has 0 radical (unpaired) electrons. The molecule has 7 nitrogen and oxygen atoms in total. The average molecular weight is 502 g/mol. The highest BCUT2D eigenvalue weighted by molar-refractivity contribution is 7.92. The summed E-state index contributed by atoms with van der Waals surface area (Å²) in [4.78, 5) is 8.97. The Labute approximate surface area is 211 Å². The molecule has 5 rings (SSSR count). The molecule has 0 saturated carbocycles. The number of sulfonamides is 1. The van der Waals surface area contributed by atoms with E-state index in [1.165, 1.54) is 12.1 Å². The van der Waals surface area contributed by atoms with E-state index in [2.05, 4.69) is 14.7 Å². The Hall–Kier alpha value is -3.91. The molecule has 4 aromatic rings. The monoisotopic (exact) mass is 501 g/mol. The molecule has 8 heteroatoms. The van der Waals surface area contributed by atoms with Crippen molar-refractivity contribution in [2.24, 2.45) is 0 Å². The zero-order chi connectivity index (χ0) is 25.1. The molecular formula is C28H27N3O4S. The van der Waals surface area contributed by atoms with E-state index in [1.807, 2.05) is 62.4 Å². The van der Waals surface area contributed by atoms with E-state index in [9.17, 15) is 8.42 Å². The van der Waals surface area contributed by atoms with Crippen LogP contribution in [0.25, 0.3) is 11.3 Å². The molecule has 1 aliphatic heterocycles. The number of hydrogen-bond acceptors (Lipinski definition) is 6. The van der Waals surface area contributed by atoms with Crippen LogP contribution < -0.4 is 14.2 Å². The number of nitrogens with one attached hydrogen (secondary N) is 1. The van der Waals surface area contributed by atoms with Crippen LogP contribution in [0.5, 0.6) is 11.6 Å². The third-order valence-electron chi connectivity index (χ3n) is 6.08. The van der Waals surface area contributed by atoms with Crippen molar-refractivity contribution in [2.45, 2.75) is 37.7 Å². The maximum Gasteiger partial charge on any atom is 0.264 e. The van der Waals surface area contributed by atoms with Crippen LogP contribution in [0.3, 0.4) is 0 Å². The SMILES string of the molecule is Cc1cccc(C)c1-c1cc2nc(n1)NS(=O)(=O)c1cccc(c1)OC(Cc1ccccc1)CCO2. The normalized spacial score (nSPS) is 16.8. The fraction of sp³-hybridized carbons (Fsp3) is 0.214. The van der Waals surface area contributed by atoms with Gasteiger partial charge in [0.05, 0.1) is 17.2 Å². The molecule has 1 N–H and O–H groups in total. The van der Waals surface area contributed by atoms with E-state index in [0.717, 1.165) is 22.3 Å². The lowest BCUT2D eigenvalue weighted by Gasteiger charge is -2.20. The Morgan fingerprint density at radius 1 is 0.917 bits per heavy atom. The summed E-state index contributed by atoms with van der Waals surface area (Å²) in [7, 11) is -3.96. The number of nitrogens with zero attached hydrogens (tertiary/aromatic N) is 2. The first-order chi connectivity index (χ1) is 17.4. The number of aromatic nitrogens is 2. The van der Waals surface area contributed by atoms with Crippen LogP contribution in [0.15, 0.2) is 83.8 Å². The summed E-state index contributed by atoms with van der Waals surface area (Å²) in [6, 6.07) is 24.2. The Bertz CT molecular complexity index is 1470. The lowest BCUT2D eigenvalue weighted by atomic mass is 10.00. The molecule has 184 valence electrons. The molecule has 4 bridgehead atoms. The summed E-state index contributed by atoms with van der Waals surface area (Å²) < 4.78 is 41.3. The molecule has 1 aliphatic rings. The molecule has 1 atom stereocenters. The number of rotatable bonds is 3. The van der Waals surface area contributed by atoms with E-state index in [0.29, 0.717) is 36.8 Å². The van der Waals surface area contributed by atoms with Gasteiger partial charge >= 0.3 is 0 Å². The summed E-state index contributed by atoms with van der Waals surface area (Å²) in [5, 5.41) is 0. The van der Waals surface area contributed by atoms with Crippen molar-refractivity contribution < 1.29 is 17.9 Å². The quantitative estimate of drug-likeness (QED) is 0.408. The highest BCUT2D eigenvalue weighted by Crippen LogP contribution is 2.30. The van der Waals surface area contributed by atoms with Crippen LogP contribution in [0.4, 0.5) is 5.95 Å². The largest absolute Gasteiger partial charge is 0.490 e. The minimum Gasteiger partial charge on any atom is -0.490 e. The van der Waals surface area contributed by atoms with Crippen LogP contribution >= 0.6 is 0 Å². The van der Waals surface area contributed by atoms with Crippen molar-refractivity contribution in [3.8, 4) is 22.9 Å². The first-order valence-electron chi connectivity index (χ1n) is 11.8. The molecule has 0 fully saturated rings. The Morgan fingerprint density at radius 3 is 2.44 bits per heavy atom. The summed E-state index contributed by atoms with van der Waals surface area (Å²) in [5.74, 6) is 0.725. The van der Waals surface area contributed by atoms with Crippen molar-refractivity contribution >= 4 is 16.0 Å². The molecule has 1 aromatic heterocycles. The first kappa shape index (κ1) is 23.8. The van der Waals surface area contributed by atoms with E-state index in [4.69, 9.17) is 9.47 Å². The van der Waals surface area contributed by atoms with Gasteiger partial charge in [-0.15, -0.1) is 0 Å². The topological polar surface area (TPSA) is 90.4 Å². The number of benzene rings is 3. The van der Waals surface area contributed by atoms with E-state index in [-0.39, 0.29) is 16.9 Å². The second kappa shape index (κ2) is 9.99.